The van der Waals surface area contributed by atoms with E-state index in [0.717, 1.165) is 0 Å². The Kier molecular flexibility index (Phi) is 4.51. The van der Waals surface area contributed by atoms with Crippen LogP contribution in [0.5, 0.6) is 5.75 Å². The van der Waals surface area contributed by atoms with E-state index in [2.05, 4.69) is 27.5 Å². The van der Waals surface area contributed by atoms with Crippen molar-refractivity contribution < 1.29 is 14.6 Å². The Morgan fingerprint density at radius 3 is 2.82 bits per heavy atom. The van der Waals surface area contributed by atoms with E-state index in [-0.39, 0.29) is 16.8 Å². The summed E-state index contributed by atoms with van der Waals surface area (Å²) in [6.45, 7) is 4.74. The van der Waals surface area contributed by atoms with Crippen LogP contribution in [-0.2, 0) is 22.6 Å². The molecule has 0 bridgehead atoms. The lowest BCUT2D eigenvalue weighted by atomic mass is 10.1. The normalized spacial score (nSPS) is 10.0. The van der Waals surface area contributed by atoms with Crippen LogP contribution in [0.1, 0.15) is 18.2 Å². The van der Waals surface area contributed by atoms with Crippen LogP contribution in [0.3, 0.4) is 0 Å². The minimum absolute atomic E-state index is 0.0564. The summed E-state index contributed by atoms with van der Waals surface area (Å²) in [6, 6.07) is 0. The number of aromatic hydroxyl groups is 1. The molecule has 0 aliphatic carbocycles. The number of rotatable bonds is 4. The third-order valence-corrected chi connectivity index (χ3v) is 2.83. The molecule has 5 nitrogen and oxygen atoms in total. The van der Waals surface area contributed by atoms with Crippen molar-refractivity contribution in [3.05, 3.63) is 38.7 Å². The summed E-state index contributed by atoms with van der Waals surface area (Å²) in [5, 5.41) is 9.80. The molecular formula is C11H12BrNO4. The van der Waals surface area contributed by atoms with Gasteiger partial charge in [0.2, 0.25) is 0 Å². The predicted octanol–water partition coefficient (Wildman–Crippen LogP) is 1.63. The highest BCUT2D eigenvalue weighted by Crippen LogP contribution is 2.27. The summed E-state index contributed by atoms with van der Waals surface area (Å²) in [7, 11) is 0. The first-order valence-corrected chi connectivity index (χ1v) is 5.63. The van der Waals surface area contributed by atoms with Crippen molar-refractivity contribution in [3.63, 3.8) is 0 Å². The van der Waals surface area contributed by atoms with Gasteiger partial charge in [0, 0.05) is 12.5 Å². The molecule has 1 rings (SSSR count). The number of allylic oxidation sites excluding steroid dienone is 1. The second kappa shape index (κ2) is 5.67. The Balaban J connectivity index is 3.21. The number of carbonyl (C=O) groups excluding carboxylic acids is 1. The van der Waals surface area contributed by atoms with Gasteiger partial charge < -0.3 is 14.8 Å². The average Bonchev–Trinajstić information content (AvgIpc) is 2.27. The lowest BCUT2D eigenvalue weighted by Gasteiger charge is -2.10. The summed E-state index contributed by atoms with van der Waals surface area (Å²) in [5.41, 5.74) is 0.371. The number of hydrogen-bond acceptors (Lipinski definition) is 4. The molecule has 0 saturated carbocycles. The molecule has 2 N–H and O–H groups in total. The molecule has 6 heteroatoms. The fourth-order valence-electron chi connectivity index (χ4n) is 1.31. The van der Waals surface area contributed by atoms with Crippen LogP contribution < -0.4 is 5.56 Å². The van der Waals surface area contributed by atoms with Gasteiger partial charge in [0.15, 0.2) is 0 Å². The molecule has 1 aromatic heterocycles. The summed E-state index contributed by atoms with van der Waals surface area (Å²) in [6.07, 6.45) is 1.94. The molecule has 0 amide bonds. The zero-order valence-corrected chi connectivity index (χ0v) is 10.8. The second-order valence-corrected chi connectivity index (χ2v) is 4.14. The third kappa shape index (κ3) is 3.20. The monoisotopic (exact) mass is 301 g/mol. The van der Waals surface area contributed by atoms with Gasteiger partial charge in [0.05, 0.1) is 5.69 Å². The third-order valence-electron chi connectivity index (χ3n) is 2.09. The Morgan fingerprint density at radius 1 is 1.65 bits per heavy atom. The second-order valence-electron chi connectivity index (χ2n) is 3.35. The van der Waals surface area contributed by atoms with Gasteiger partial charge in [-0.1, -0.05) is 6.08 Å². The minimum atomic E-state index is -0.475. The molecule has 0 atom stereocenters. The molecule has 92 valence electrons. The zero-order valence-electron chi connectivity index (χ0n) is 9.25. The quantitative estimate of drug-likeness (QED) is 0.654. The number of hydrogen-bond donors (Lipinski definition) is 2. The summed E-state index contributed by atoms with van der Waals surface area (Å²) < 4.78 is 4.85. The van der Waals surface area contributed by atoms with Crippen LogP contribution in [0.2, 0.25) is 0 Å². The number of ether oxygens (including phenoxy) is 1. The number of esters is 1. The van der Waals surface area contributed by atoms with Crippen molar-refractivity contribution in [3.8, 4) is 5.75 Å². The van der Waals surface area contributed by atoms with Gasteiger partial charge in [-0.3, -0.25) is 9.59 Å². The lowest BCUT2D eigenvalue weighted by molar-refractivity contribution is -0.142. The lowest BCUT2D eigenvalue weighted by Crippen LogP contribution is -2.15. The van der Waals surface area contributed by atoms with E-state index >= 15 is 0 Å². The maximum absolute atomic E-state index is 11.4. The standard InChI is InChI=1S/C11H12BrNO4/c1-3-4-7-8(5-17-6(2)14)13-11(16)9(12)10(7)15/h3H,1,4-5H2,2H3,(H2,13,15,16). The summed E-state index contributed by atoms with van der Waals surface area (Å²) in [5.74, 6) is -0.617. The largest absolute Gasteiger partial charge is 0.506 e. The van der Waals surface area contributed by atoms with E-state index in [1.54, 1.807) is 6.08 Å². The van der Waals surface area contributed by atoms with Gasteiger partial charge >= 0.3 is 5.97 Å². The number of carbonyl (C=O) groups is 1. The van der Waals surface area contributed by atoms with Gasteiger partial charge in [-0.25, -0.2) is 0 Å². The van der Waals surface area contributed by atoms with E-state index in [4.69, 9.17) is 4.74 Å². The van der Waals surface area contributed by atoms with Gasteiger partial charge in [0.25, 0.3) is 5.56 Å². The molecule has 0 spiro atoms. The Morgan fingerprint density at radius 2 is 2.29 bits per heavy atom. The van der Waals surface area contributed by atoms with Crippen LogP contribution in [0.4, 0.5) is 0 Å². The molecule has 1 heterocycles. The highest BCUT2D eigenvalue weighted by atomic mass is 79.9. The molecule has 17 heavy (non-hydrogen) atoms. The number of aromatic nitrogens is 1. The Hall–Kier alpha value is -1.56. The number of aromatic amines is 1. The van der Waals surface area contributed by atoms with E-state index < -0.39 is 11.5 Å². The number of halogens is 1. The number of H-pyrrole nitrogens is 1. The molecular weight excluding hydrogens is 290 g/mol. The Bertz CT molecular complexity index is 507. The van der Waals surface area contributed by atoms with Crippen molar-refractivity contribution in [2.45, 2.75) is 20.0 Å². The number of nitrogens with one attached hydrogen (secondary N) is 1. The molecule has 0 radical (unpaired) electrons. The van der Waals surface area contributed by atoms with E-state index in [0.29, 0.717) is 17.7 Å². The number of pyridine rings is 1. The van der Waals surface area contributed by atoms with Crippen molar-refractivity contribution in [2.24, 2.45) is 0 Å². The van der Waals surface area contributed by atoms with Crippen molar-refractivity contribution in [2.75, 3.05) is 0 Å². The SMILES string of the molecule is C=CCc1c(COC(C)=O)[nH]c(=O)c(Br)c1O. The fourth-order valence-corrected chi connectivity index (χ4v) is 1.65. The smallest absolute Gasteiger partial charge is 0.303 e. The fraction of sp³-hybridized carbons (Fsp3) is 0.273. The minimum Gasteiger partial charge on any atom is -0.506 e. The van der Waals surface area contributed by atoms with E-state index in [9.17, 15) is 14.7 Å². The van der Waals surface area contributed by atoms with Crippen LogP contribution in [0, 0.1) is 0 Å². The van der Waals surface area contributed by atoms with E-state index in [1.807, 2.05) is 0 Å². The first-order chi connectivity index (χ1) is 7.97. The van der Waals surface area contributed by atoms with Crippen LogP contribution >= 0.6 is 15.9 Å². The van der Waals surface area contributed by atoms with Crippen molar-refractivity contribution >= 4 is 21.9 Å². The predicted molar refractivity (Wildman–Crippen MR) is 65.8 cm³/mol. The zero-order chi connectivity index (χ0) is 13.0. The van der Waals surface area contributed by atoms with Crippen molar-refractivity contribution in [1.82, 2.24) is 4.98 Å². The highest BCUT2D eigenvalue weighted by Gasteiger charge is 2.14. The molecule has 0 aromatic carbocycles. The molecule has 0 unspecified atom stereocenters. The maximum Gasteiger partial charge on any atom is 0.303 e. The first kappa shape index (κ1) is 13.5. The van der Waals surface area contributed by atoms with Crippen molar-refractivity contribution in [1.29, 1.82) is 0 Å². The molecule has 0 aliphatic rings. The molecule has 0 saturated heterocycles. The van der Waals surface area contributed by atoms with E-state index in [1.165, 1.54) is 6.92 Å². The van der Waals surface area contributed by atoms with Gasteiger partial charge in [-0.15, -0.1) is 6.58 Å². The highest BCUT2D eigenvalue weighted by molar-refractivity contribution is 9.10. The maximum atomic E-state index is 11.4. The summed E-state index contributed by atoms with van der Waals surface area (Å²) in [4.78, 5) is 24.7. The topological polar surface area (TPSA) is 79.4 Å². The van der Waals surface area contributed by atoms with Gasteiger partial charge in [0.1, 0.15) is 16.8 Å². The van der Waals surface area contributed by atoms with Gasteiger partial charge in [-0.05, 0) is 22.4 Å². The molecule has 1 aromatic rings. The summed E-state index contributed by atoms with van der Waals surface area (Å²) >= 11 is 2.98. The van der Waals surface area contributed by atoms with Crippen LogP contribution in [-0.4, -0.2) is 16.1 Å². The Labute approximate surface area is 106 Å². The van der Waals surface area contributed by atoms with Crippen LogP contribution in [0.25, 0.3) is 0 Å². The first-order valence-electron chi connectivity index (χ1n) is 4.84. The average molecular weight is 302 g/mol. The van der Waals surface area contributed by atoms with Gasteiger partial charge in [-0.2, -0.15) is 0 Å². The molecule has 0 fully saturated rings. The molecule has 0 aliphatic heterocycles. The van der Waals surface area contributed by atoms with Crippen LogP contribution in [0.15, 0.2) is 21.9 Å².